The van der Waals surface area contributed by atoms with Crippen LogP contribution < -0.4 is 14.8 Å². The summed E-state index contributed by atoms with van der Waals surface area (Å²) in [5.41, 5.74) is 0.546. The van der Waals surface area contributed by atoms with E-state index in [-0.39, 0.29) is 5.75 Å². The number of nitrogens with one attached hydrogen (secondary N) is 2. The van der Waals surface area contributed by atoms with E-state index in [1.54, 1.807) is 24.3 Å². The van der Waals surface area contributed by atoms with Gasteiger partial charge in [-0.1, -0.05) is 13.0 Å². The zero-order chi connectivity index (χ0) is 15.6. The van der Waals surface area contributed by atoms with Gasteiger partial charge in [-0.2, -0.15) is 0 Å². The second kappa shape index (κ2) is 9.63. The molecule has 120 valence electrons. The SMILES string of the molecule is CCCNCCCCS(=O)(=O)Nc1cccc(OCC)c1. The van der Waals surface area contributed by atoms with Crippen LogP contribution in [0.2, 0.25) is 0 Å². The number of unbranched alkanes of at least 4 members (excludes halogenated alkanes) is 1. The van der Waals surface area contributed by atoms with Gasteiger partial charge in [-0.3, -0.25) is 4.72 Å². The third-order valence-electron chi connectivity index (χ3n) is 2.86. The van der Waals surface area contributed by atoms with Gasteiger partial charge in [0, 0.05) is 6.07 Å². The number of benzene rings is 1. The minimum Gasteiger partial charge on any atom is -0.494 e. The summed E-state index contributed by atoms with van der Waals surface area (Å²) in [6.07, 6.45) is 2.60. The van der Waals surface area contributed by atoms with Crippen molar-refractivity contribution in [2.75, 3.05) is 30.2 Å². The maximum absolute atomic E-state index is 12.0. The molecule has 0 bridgehead atoms. The summed E-state index contributed by atoms with van der Waals surface area (Å²) in [7, 11) is -3.29. The van der Waals surface area contributed by atoms with Crippen molar-refractivity contribution in [3.8, 4) is 5.75 Å². The Kier molecular flexibility index (Phi) is 8.15. The lowest BCUT2D eigenvalue weighted by Crippen LogP contribution is -2.19. The Morgan fingerprint density at radius 1 is 1.14 bits per heavy atom. The highest BCUT2D eigenvalue weighted by Gasteiger charge is 2.10. The summed E-state index contributed by atoms with van der Waals surface area (Å²) in [5, 5.41) is 3.26. The van der Waals surface area contributed by atoms with E-state index in [0.717, 1.165) is 25.9 Å². The van der Waals surface area contributed by atoms with Crippen molar-refractivity contribution in [3.63, 3.8) is 0 Å². The van der Waals surface area contributed by atoms with Gasteiger partial charge in [0.05, 0.1) is 18.0 Å². The zero-order valence-electron chi connectivity index (χ0n) is 12.9. The summed E-state index contributed by atoms with van der Waals surface area (Å²) in [6, 6.07) is 7.00. The molecule has 0 aliphatic rings. The predicted molar refractivity (Wildman–Crippen MR) is 87.4 cm³/mol. The Labute approximate surface area is 128 Å². The number of rotatable bonds is 11. The maximum Gasteiger partial charge on any atom is 0.232 e. The molecule has 6 heteroatoms. The van der Waals surface area contributed by atoms with Crippen LogP contribution in [0.25, 0.3) is 0 Å². The summed E-state index contributed by atoms with van der Waals surface area (Å²) in [6.45, 7) is 6.40. The predicted octanol–water partition coefficient (Wildman–Crippen LogP) is 2.61. The van der Waals surface area contributed by atoms with Crippen molar-refractivity contribution in [2.45, 2.75) is 33.1 Å². The first kappa shape index (κ1) is 17.8. The van der Waals surface area contributed by atoms with Gasteiger partial charge >= 0.3 is 0 Å². The van der Waals surface area contributed by atoms with Gasteiger partial charge in [0.15, 0.2) is 0 Å². The second-order valence-corrected chi connectivity index (χ2v) is 6.68. The van der Waals surface area contributed by atoms with E-state index < -0.39 is 10.0 Å². The smallest absolute Gasteiger partial charge is 0.232 e. The van der Waals surface area contributed by atoms with Gasteiger partial charge in [-0.05, 0) is 51.4 Å². The van der Waals surface area contributed by atoms with Crippen molar-refractivity contribution in [1.82, 2.24) is 5.32 Å². The van der Waals surface area contributed by atoms with E-state index >= 15 is 0 Å². The molecule has 0 amide bonds. The first-order chi connectivity index (χ1) is 10.1. The average Bonchev–Trinajstić information content (AvgIpc) is 2.43. The molecule has 0 atom stereocenters. The van der Waals surface area contributed by atoms with Crippen LogP contribution in [-0.2, 0) is 10.0 Å². The molecule has 0 unspecified atom stereocenters. The molecule has 0 saturated heterocycles. The fraction of sp³-hybridized carbons (Fsp3) is 0.600. The topological polar surface area (TPSA) is 67.4 Å². The molecule has 0 heterocycles. The molecule has 0 saturated carbocycles. The molecular weight excluding hydrogens is 288 g/mol. The Bertz CT molecular complexity index is 503. The van der Waals surface area contributed by atoms with Crippen molar-refractivity contribution >= 4 is 15.7 Å². The quantitative estimate of drug-likeness (QED) is 0.616. The van der Waals surface area contributed by atoms with Crippen molar-refractivity contribution in [3.05, 3.63) is 24.3 Å². The molecule has 2 N–H and O–H groups in total. The molecule has 5 nitrogen and oxygen atoms in total. The van der Waals surface area contributed by atoms with Crippen LogP contribution in [0.3, 0.4) is 0 Å². The molecule has 0 fully saturated rings. The third kappa shape index (κ3) is 7.92. The summed E-state index contributed by atoms with van der Waals surface area (Å²) < 4.78 is 31.9. The van der Waals surface area contributed by atoms with E-state index in [9.17, 15) is 8.42 Å². The summed E-state index contributed by atoms with van der Waals surface area (Å²) in [4.78, 5) is 0. The highest BCUT2D eigenvalue weighted by molar-refractivity contribution is 7.92. The number of ether oxygens (including phenoxy) is 1. The van der Waals surface area contributed by atoms with Crippen LogP contribution in [-0.4, -0.2) is 33.9 Å². The van der Waals surface area contributed by atoms with E-state index in [1.165, 1.54) is 0 Å². The van der Waals surface area contributed by atoms with E-state index in [4.69, 9.17) is 4.74 Å². The number of anilines is 1. The Morgan fingerprint density at radius 3 is 2.67 bits per heavy atom. The maximum atomic E-state index is 12.0. The minimum atomic E-state index is -3.29. The lowest BCUT2D eigenvalue weighted by atomic mass is 10.3. The van der Waals surface area contributed by atoms with Crippen LogP contribution >= 0.6 is 0 Å². The van der Waals surface area contributed by atoms with E-state index in [1.807, 2.05) is 6.92 Å². The van der Waals surface area contributed by atoms with Gasteiger partial charge in [-0.15, -0.1) is 0 Å². The van der Waals surface area contributed by atoms with Gasteiger partial charge in [0.2, 0.25) is 10.0 Å². The molecule has 0 radical (unpaired) electrons. The summed E-state index contributed by atoms with van der Waals surface area (Å²) in [5.74, 6) is 0.807. The van der Waals surface area contributed by atoms with Crippen molar-refractivity contribution in [1.29, 1.82) is 0 Å². The van der Waals surface area contributed by atoms with Crippen LogP contribution in [0.1, 0.15) is 33.1 Å². The first-order valence-corrected chi connectivity index (χ1v) is 9.16. The normalized spacial score (nSPS) is 11.3. The lowest BCUT2D eigenvalue weighted by Gasteiger charge is -2.10. The minimum absolute atomic E-state index is 0.139. The van der Waals surface area contributed by atoms with Crippen LogP contribution in [0.5, 0.6) is 5.75 Å². The fourth-order valence-corrected chi connectivity index (χ4v) is 3.06. The van der Waals surface area contributed by atoms with Gasteiger partial charge in [0.25, 0.3) is 0 Å². The van der Waals surface area contributed by atoms with Gasteiger partial charge < -0.3 is 10.1 Å². The molecule has 0 spiro atoms. The molecule has 1 aromatic rings. The highest BCUT2D eigenvalue weighted by atomic mass is 32.2. The third-order valence-corrected chi connectivity index (χ3v) is 4.23. The van der Waals surface area contributed by atoms with Crippen LogP contribution in [0.4, 0.5) is 5.69 Å². The molecule has 0 aromatic heterocycles. The average molecular weight is 314 g/mol. The van der Waals surface area contributed by atoms with Crippen molar-refractivity contribution in [2.24, 2.45) is 0 Å². The number of hydrogen-bond donors (Lipinski definition) is 2. The van der Waals surface area contributed by atoms with Crippen LogP contribution in [0, 0.1) is 0 Å². The Hall–Kier alpha value is -1.27. The second-order valence-electron chi connectivity index (χ2n) is 4.84. The molecule has 21 heavy (non-hydrogen) atoms. The zero-order valence-corrected chi connectivity index (χ0v) is 13.7. The molecular formula is C15H26N2O3S. The standard InChI is InChI=1S/C15H26N2O3S/c1-3-10-16-11-5-6-12-21(18,19)17-14-8-7-9-15(13-14)20-4-2/h7-9,13,16-17H,3-6,10-12H2,1-2H3. The lowest BCUT2D eigenvalue weighted by molar-refractivity contribution is 0.340. The van der Waals surface area contributed by atoms with Crippen molar-refractivity contribution < 1.29 is 13.2 Å². The molecule has 1 aromatic carbocycles. The first-order valence-electron chi connectivity index (χ1n) is 7.51. The fourth-order valence-electron chi connectivity index (χ4n) is 1.89. The molecule has 1 rings (SSSR count). The monoisotopic (exact) mass is 314 g/mol. The molecule has 0 aliphatic heterocycles. The van der Waals surface area contributed by atoms with Gasteiger partial charge in [0.1, 0.15) is 5.75 Å². The number of sulfonamides is 1. The molecule has 0 aliphatic carbocycles. The van der Waals surface area contributed by atoms with Gasteiger partial charge in [-0.25, -0.2) is 8.42 Å². The largest absolute Gasteiger partial charge is 0.494 e. The Balaban J connectivity index is 2.39. The number of hydrogen-bond acceptors (Lipinski definition) is 4. The summed E-state index contributed by atoms with van der Waals surface area (Å²) >= 11 is 0. The van der Waals surface area contributed by atoms with Crippen LogP contribution in [0.15, 0.2) is 24.3 Å². The van der Waals surface area contributed by atoms with E-state index in [0.29, 0.717) is 24.5 Å². The Morgan fingerprint density at radius 2 is 1.95 bits per heavy atom. The van der Waals surface area contributed by atoms with E-state index in [2.05, 4.69) is 17.0 Å². The highest BCUT2D eigenvalue weighted by Crippen LogP contribution is 2.18.